The van der Waals surface area contributed by atoms with Crippen LogP contribution in [-0.4, -0.2) is 23.3 Å². The van der Waals surface area contributed by atoms with Crippen molar-refractivity contribution in [1.29, 1.82) is 0 Å². The van der Waals surface area contributed by atoms with Gasteiger partial charge in [-0.15, -0.1) is 0 Å². The van der Waals surface area contributed by atoms with Crippen LogP contribution in [-0.2, 0) is 9.53 Å². The van der Waals surface area contributed by atoms with Gasteiger partial charge in [0, 0.05) is 12.1 Å². The number of ether oxygens (including phenoxy) is 1. The van der Waals surface area contributed by atoms with Gasteiger partial charge in [-0.05, 0) is 31.6 Å². The van der Waals surface area contributed by atoms with Gasteiger partial charge in [0.05, 0.1) is 17.1 Å². The van der Waals surface area contributed by atoms with E-state index in [4.69, 9.17) is 0 Å². The van der Waals surface area contributed by atoms with E-state index in [0.717, 1.165) is 0 Å². The third-order valence-corrected chi connectivity index (χ3v) is 2.30. The van der Waals surface area contributed by atoms with Crippen LogP contribution >= 0.6 is 0 Å². The molecule has 0 saturated carbocycles. The molecule has 0 fully saturated rings. The van der Waals surface area contributed by atoms with Crippen molar-refractivity contribution in [2.75, 3.05) is 6.61 Å². The third-order valence-electron chi connectivity index (χ3n) is 2.30. The Morgan fingerprint density at radius 2 is 2.11 bits per heavy atom. The number of nitro groups is 1. The molecule has 0 N–H and O–H groups in total. The molecule has 1 aromatic carbocycles. The van der Waals surface area contributed by atoms with E-state index in [1.165, 1.54) is 37.3 Å². The fraction of sp³-hybridized carbons (Fsp3) is 0.231. The highest BCUT2D eigenvalue weighted by atomic mass is 16.6. The molecule has 0 spiro atoms. The molecular weight excluding hydrogens is 250 g/mol. The predicted molar refractivity (Wildman–Crippen MR) is 68.8 cm³/mol. The molecule has 1 rings (SSSR count). The quantitative estimate of drug-likeness (QED) is 0.267. The lowest BCUT2D eigenvalue weighted by molar-refractivity contribution is -0.385. The lowest BCUT2D eigenvalue weighted by atomic mass is 10.1. The second kappa shape index (κ2) is 6.44. The van der Waals surface area contributed by atoms with E-state index in [-0.39, 0.29) is 23.6 Å². The zero-order valence-corrected chi connectivity index (χ0v) is 10.6. The van der Waals surface area contributed by atoms with E-state index in [1.807, 2.05) is 0 Å². The van der Waals surface area contributed by atoms with Crippen molar-refractivity contribution in [2.24, 2.45) is 0 Å². The number of nitro benzene ring substituents is 1. The van der Waals surface area contributed by atoms with E-state index in [1.54, 1.807) is 6.92 Å². The average Bonchev–Trinajstić information content (AvgIpc) is 2.36. The molecule has 6 heteroatoms. The number of hydrogen-bond donors (Lipinski definition) is 0. The summed E-state index contributed by atoms with van der Waals surface area (Å²) in [6.45, 7) is 3.20. The van der Waals surface area contributed by atoms with Gasteiger partial charge in [-0.2, -0.15) is 0 Å². The number of Topliss-reactive ketones (excluding diaryl/α,β-unsaturated/α-hetero) is 1. The number of hydrogen-bond acceptors (Lipinski definition) is 5. The second-order valence-corrected chi connectivity index (χ2v) is 3.68. The van der Waals surface area contributed by atoms with Crippen molar-refractivity contribution in [3.63, 3.8) is 0 Å². The molecule has 0 heterocycles. The summed E-state index contributed by atoms with van der Waals surface area (Å²) in [5.41, 5.74) is 0.210. The van der Waals surface area contributed by atoms with Crippen molar-refractivity contribution in [2.45, 2.75) is 13.8 Å². The number of carbonyl (C=O) groups is 2. The molecule has 0 bridgehead atoms. The second-order valence-electron chi connectivity index (χ2n) is 3.68. The van der Waals surface area contributed by atoms with Crippen molar-refractivity contribution in [3.05, 3.63) is 45.5 Å². The summed E-state index contributed by atoms with van der Waals surface area (Å²) in [5, 5.41) is 10.9. The predicted octanol–water partition coefficient (Wildman–Crippen LogP) is 2.37. The highest BCUT2D eigenvalue weighted by molar-refractivity contribution is 5.98. The Morgan fingerprint density at radius 1 is 1.42 bits per heavy atom. The summed E-state index contributed by atoms with van der Waals surface area (Å²) >= 11 is 0. The summed E-state index contributed by atoms with van der Waals surface area (Å²) in [5.74, 6) is -0.909. The van der Waals surface area contributed by atoms with Crippen LogP contribution < -0.4 is 0 Å². The first kappa shape index (κ1) is 14.6. The molecule has 0 aliphatic carbocycles. The van der Waals surface area contributed by atoms with Crippen LogP contribution in [0.5, 0.6) is 0 Å². The smallest absolute Gasteiger partial charge is 0.330 e. The van der Waals surface area contributed by atoms with Crippen LogP contribution in [0, 0.1) is 10.1 Å². The van der Waals surface area contributed by atoms with Crippen LogP contribution in [0.3, 0.4) is 0 Å². The Labute approximate surface area is 109 Å². The van der Waals surface area contributed by atoms with Gasteiger partial charge in [0.1, 0.15) is 0 Å². The Hall–Kier alpha value is -2.50. The van der Waals surface area contributed by atoms with Crippen LogP contribution in [0.2, 0.25) is 0 Å². The lowest BCUT2D eigenvalue weighted by Crippen LogP contribution is -2.01. The summed E-state index contributed by atoms with van der Waals surface area (Å²) in [6.07, 6.45) is 2.57. The summed E-state index contributed by atoms with van der Waals surface area (Å²) < 4.78 is 4.69. The zero-order valence-electron chi connectivity index (χ0n) is 10.6. The van der Waals surface area contributed by atoms with Gasteiger partial charge in [-0.25, -0.2) is 4.79 Å². The van der Waals surface area contributed by atoms with Crippen molar-refractivity contribution in [3.8, 4) is 0 Å². The van der Waals surface area contributed by atoms with Gasteiger partial charge in [-0.1, -0.05) is 6.07 Å². The highest BCUT2D eigenvalue weighted by Gasteiger charge is 2.17. The Morgan fingerprint density at radius 3 is 2.63 bits per heavy atom. The molecule has 6 nitrogen and oxygen atoms in total. The fourth-order valence-corrected chi connectivity index (χ4v) is 1.46. The lowest BCUT2D eigenvalue weighted by Gasteiger charge is -2.00. The normalized spacial score (nSPS) is 10.4. The summed E-state index contributed by atoms with van der Waals surface area (Å²) in [4.78, 5) is 32.6. The highest BCUT2D eigenvalue weighted by Crippen LogP contribution is 2.21. The zero-order chi connectivity index (χ0) is 14.4. The van der Waals surface area contributed by atoms with Crippen LogP contribution in [0.1, 0.15) is 29.8 Å². The van der Waals surface area contributed by atoms with Crippen LogP contribution in [0.15, 0.2) is 24.3 Å². The standard InChI is InChI=1S/C13H13NO5/c1-3-19-13(16)7-5-10-4-6-11(9(2)15)12(8-10)14(17)18/h4-8H,3H2,1-2H3/b7-5+. The van der Waals surface area contributed by atoms with E-state index >= 15 is 0 Å². The minimum Gasteiger partial charge on any atom is -0.463 e. The summed E-state index contributed by atoms with van der Waals surface area (Å²) in [7, 11) is 0. The molecule has 0 amide bonds. The number of ketones is 1. The monoisotopic (exact) mass is 263 g/mol. The first-order chi connectivity index (χ1) is 8.95. The van der Waals surface area contributed by atoms with E-state index < -0.39 is 10.9 Å². The number of esters is 1. The number of nitrogens with zero attached hydrogens (tertiary/aromatic N) is 1. The Kier molecular flexibility index (Phi) is 4.93. The molecule has 19 heavy (non-hydrogen) atoms. The molecule has 0 radical (unpaired) electrons. The third kappa shape index (κ3) is 4.02. The maximum Gasteiger partial charge on any atom is 0.330 e. The molecule has 0 aliphatic rings. The maximum atomic E-state index is 11.2. The molecule has 0 saturated heterocycles. The van der Waals surface area contributed by atoms with Crippen molar-refractivity contribution >= 4 is 23.5 Å². The number of benzene rings is 1. The van der Waals surface area contributed by atoms with Gasteiger partial charge in [0.15, 0.2) is 5.78 Å². The first-order valence-electron chi connectivity index (χ1n) is 5.60. The number of carbonyl (C=O) groups excluding carboxylic acids is 2. The van der Waals surface area contributed by atoms with E-state index in [9.17, 15) is 19.7 Å². The average molecular weight is 263 g/mol. The summed E-state index contributed by atoms with van der Waals surface area (Å²) in [6, 6.07) is 4.14. The Balaban J connectivity index is 3.06. The Bertz CT molecular complexity index is 548. The van der Waals surface area contributed by atoms with Crippen LogP contribution in [0.25, 0.3) is 6.08 Å². The first-order valence-corrected chi connectivity index (χ1v) is 5.60. The molecule has 1 aromatic rings. The van der Waals surface area contributed by atoms with Crippen LogP contribution in [0.4, 0.5) is 5.69 Å². The minimum absolute atomic E-state index is 0.0401. The van der Waals surface area contributed by atoms with Gasteiger partial charge < -0.3 is 4.74 Å². The largest absolute Gasteiger partial charge is 0.463 e. The van der Waals surface area contributed by atoms with Gasteiger partial charge in [-0.3, -0.25) is 14.9 Å². The van der Waals surface area contributed by atoms with Gasteiger partial charge >= 0.3 is 5.97 Å². The van der Waals surface area contributed by atoms with Crippen molar-refractivity contribution in [1.82, 2.24) is 0 Å². The molecule has 0 aliphatic heterocycles. The van der Waals surface area contributed by atoms with Gasteiger partial charge in [0.2, 0.25) is 0 Å². The topological polar surface area (TPSA) is 86.5 Å². The molecular formula is C13H13NO5. The van der Waals surface area contributed by atoms with E-state index in [0.29, 0.717) is 5.56 Å². The number of rotatable bonds is 5. The fourth-order valence-electron chi connectivity index (χ4n) is 1.46. The molecule has 100 valence electrons. The molecule has 0 atom stereocenters. The van der Waals surface area contributed by atoms with E-state index in [2.05, 4.69) is 4.74 Å². The SMILES string of the molecule is CCOC(=O)/C=C/c1ccc(C(C)=O)c([N+](=O)[O-])c1. The molecule has 0 unspecified atom stereocenters. The van der Waals surface area contributed by atoms with Crippen molar-refractivity contribution < 1.29 is 19.2 Å². The minimum atomic E-state index is -0.627. The maximum absolute atomic E-state index is 11.2. The van der Waals surface area contributed by atoms with Gasteiger partial charge in [0.25, 0.3) is 5.69 Å². The molecule has 0 aromatic heterocycles.